The van der Waals surface area contributed by atoms with Crippen molar-refractivity contribution < 1.29 is 18.0 Å². The fraction of sp³-hybridized carbons (Fsp3) is 0.385. The van der Waals surface area contributed by atoms with Crippen molar-refractivity contribution in [3.63, 3.8) is 0 Å². The standard InChI is InChI=1S/C13H15F2N3O2/c1-19-5-4-16-8-13-17-12(18-20-13)6-9-2-3-10(14)7-11(9)15/h2-3,7,16H,4-6,8H2,1H3. The second kappa shape index (κ2) is 7.06. The van der Waals surface area contributed by atoms with Crippen molar-refractivity contribution in [1.82, 2.24) is 15.5 Å². The van der Waals surface area contributed by atoms with Gasteiger partial charge in [-0.1, -0.05) is 11.2 Å². The predicted molar refractivity (Wildman–Crippen MR) is 67.0 cm³/mol. The molecule has 0 atom stereocenters. The Hall–Kier alpha value is -1.86. The highest BCUT2D eigenvalue weighted by Gasteiger charge is 2.10. The number of rotatable bonds is 7. The first kappa shape index (κ1) is 14.5. The highest BCUT2D eigenvalue weighted by atomic mass is 19.1. The van der Waals surface area contributed by atoms with Crippen LogP contribution in [0, 0.1) is 11.6 Å². The second-order valence-electron chi connectivity index (χ2n) is 4.19. The molecule has 1 heterocycles. The van der Waals surface area contributed by atoms with Gasteiger partial charge in [0.05, 0.1) is 13.2 Å². The molecule has 0 aliphatic heterocycles. The third-order valence-corrected chi connectivity index (χ3v) is 2.63. The fourth-order valence-corrected chi connectivity index (χ4v) is 1.64. The minimum atomic E-state index is -0.616. The van der Waals surface area contributed by atoms with Gasteiger partial charge >= 0.3 is 0 Å². The molecule has 2 aromatic rings. The Kier molecular flexibility index (Phi) is 5.14. The molecule has 0 radical (unpaired) electrons. The average molecular weight is 283 g/mol. The van der Waals surface area contributed by atoms with E-state index in [4.69, 9.17) is 9.26 Å². The van der Waals surface area contributed by atoms with Gasteiger partial charge in [-0.05, 0) is 11.6 Å². The maximum Gasteiger partial charge on any atom is 0.240 e. The van der Waals surface area contributed by atoms with Crippen molar-refractivity contribution >= 4 is 0 Å². The Morgan fingerprint density at radius 1 is 1.35 bits per heavy atom. The molecule has 5 nitrogen and oxygen atoms in total. The van der Waals surface area contributed by atoms with Gasteiger partial charge in [-0.2, -0.15) is 4.98 Å². The number of hydrogen-bond acceptors (Lipinski definition) is 5. The van der Waals surface area contributed by atoms with E-state index in [0.29, 0.717) is 37.0 Å². The summed E-state index contributed by atoms with van der Waals surface area (Å²) < 4.78 is 36.2. The summed E-state index contributed by atoms with van der Waals surface area (Å²) in [4.78, 5) is 4.13. The number of halogens is 2. The van der Waals surface area contributed by atoms with Crippen molar-refractivity contribution in [3.05, 3.63) is 47.1 Å². The molecular weight excluding hydrogens is 268 g/mol. The summed E-state index contributed by atoms with van der Waals surface area (Å²) in [5, 5.41) is 6.81. The predicted octanol–water partition coefficient (Wildman–Crippen LogP) is 1.67. The van der Waals surface area contributed by atoms with E-state index >= 15 is 0 Å². The summed E-state index contributed by atoms with van der Waals surface area (Å²) in [5.41, 5.74) is 0.325. The number of benzene rings is 1. The molecule has 0 bridgehead atoms. The van der Waals surface area contributed by atoms with Gasteiger partial charge in [0.1, 0.15) is 11.6 Å². The van der Waals surface area contributed by atoms with E-state index in [-0.39, 0.29) is 6.42 Å². The Bertz CT molecular complexity index is 560. The lowest BCUT2D eigenvalue weighted by molar-refractivity contribution is 0.197. The number of aromatic nitrogens is 2. The Labute approximate surface area is 114 Å². The minimum absolute atomic E-state index is 0.160. The van der Waals surface area contributed by atoms with Crippen LogP contribution in [0.15, 0.2) is 22.7 Å². The zero-order chi connectivity index (χ0) is 14.4. The molecule has 108 valence electrons. The smallest absolute Gasteiger partial charge is 0.240 e. The Balaban J connectivity index is 1.92. The van der Waals surface area contributed by atoms with Gasteiger partial charge in [0.25, 0.3) is 0 Å². The molecule has 0 spiro atoms. The lowest BCUT2D eigenvalue weighted by atomic mass is 10.1. The van der Waals surface area contributed by atoms with E-state index in [0.717, 1.165) is 6.07 Å². The topological polar surface area (TPSA) is 60.2 Å². The Morgan fingerprint density at radius 2 is 2.20 bits per heavy atom. The first-order chi connectivity index (χ1) is 9.69. The van der Waals surface area contributed by atoms with Gasteiger partial charge in [0.2, 0.25) is 5.89 Å². The van der Waals surface area contributed by atoms with Crippen molar-refractivity contribution in [3.8, 4) is 0 Å². The fourth-order valence-electron chi connectivity index (χ4n) is 1.64. The van der Waals surface area contributed by atoms with Gasteiger partial charge in [0, 0.05) is 26.1 Å². The summed E-state index contributed by atoms with van der Waals surface area (Å²) in [6.45, 7) is 1.67. The third-order valence-electron chi connectivity index (χ3n) is 2.63. The van der Waals surface area contributed by atoms with Crippen molar-refractivity contribution in [2.45, 2.75) is 13.0 Å². The average Bonchev–Trinajstić information content (AvgIpc) is 2.86. The van der Waals surface area contributed by atoms with Crippen LogP contribution < -0.4 is 5.32 Å². The second-order valence-corrected chi connectivity index (χ2v) is 4.19. The third kappa shape index (κ3) is 4.07. The molecule has 0 unspecified atom stereocenters. The molecule has 1 N–H and O–H groups in total. The van der Waals surface area contributed by atoms with Crippen LogP contribution in [0.2, 0.25) is 0 Å². The molecule has 2 rings (SSSR count). The van der Waals surface area contributed by atoms with E-state index < -0.39 is 11.6 Å². The number of methoxy groups -OCH3 is 1. The maximum absolute atomic E-state index is 13.5. The molecule has 0 aliphatic rings. The quantitative estimate of drug-likeness (QED) is 0.783. The highest BCUT2D eigenvalue weighted by Crippen LogP contribution is 2.13. The largest absolute Gasteiger partial charge is 0.383 e. The molecule has 20 heavy (non-hydrogen) atoms. The van der Waals surface area contributed by atoms with Crippen LogP contribution in [-0.4, -0.2) is 30.4 Å². The van der Waals surface area contributed by atoms with E-state index in [1.807, 2.05) is 0 Å². The van der Waals surface area contributed by atoms with Gasteiger partial charge in [0.15, 0.2) is 5.82 Å². The Morgan fingerprint density at radius 3 is 2.95 bits per heavy atom. The maximum atomic E-state index is 13.5. The van der Waals surface area contributed by atoms with Crippen LogP contribution >= 0.6 is 0 Å². The molecule has 0 fully saturated rings. The number of ether oxygens (including phenoxy) is 1. The molecular formula is C13H15F2N3O2. The number of nitrogens with zero attached hydrogens (tertiary/aromatic N) is 2. The summed E-state index contributed by atoms with van der Waals surface area (Å²) in [6.07, 6.45) is 0.160. The molecule has 0 amide bonds. The van der Waals surface area contributed by atoms with Crippen LogP contribution in [0.1, 0.15) is 17.3 Å². The monoisotopic (exact) mass is 283 g/mol. The first-order valence-corrected chi connectivity index (χ1v) is 6.14. The lowest BCUT2D eigenvalue weighted by Gasteiger charge is -1.99. The summed E-state index contributed by atoms with van der Waals surface area (Å²) >= 11 is 0. The highest BCUT2D eigenvalue weighted by molar-refractivity contribution is 5.21. The summed E-state index contributed by atoms with van der Waals surface area (Å²) in [6, 6.07) is 3.41. The zero-order valence-corrected chi connectivity index (χ0v) is 11.0. The minimum Gasteiger partial charge on any atom is -0.383 e. The van der Waals surface area contributed by atoms with E-state index in [1.165, 1.54) is 12.1 Å². The van der Waals surface area contributed by atoms with Gasteiger partial charge in [-0.25, -0.2) is 8.78 Å². The van der Waals surface area contributed by atoms with E-state index in [1.54, 1.807) is 7.11 Å². The van der Waals surface area contributed by atoms with Crippen LogP contribution in [0.4, 0.5) is 8.78 Å². The molecule has 0 aliphatic carbocycles. The molecule has 0 saturated heterocycles. The van der Waals surface area contributed by atoms with E-state index in [2.05, 4.69) is 15.5 Å². The zero-order valence-electron chi connectivity index (χ0n) is 11.0. The van der Waals surface area contributed by atoms with Crippen LogP contribution in [-0.2, 0) is 17.7 Å². The van der Waals surface area contributed by atoms with Gasteiger partial charge in [-0.15, -0.1) is 0 Å². The van der Waals surface area contributed by atoms with Crippen LogP contribution in [0.5, 0.6) is 0 Å². The van der Waals surface area contributed by atoms with Gasteiger partial charge < -0.3 is 14.6 Å². The number of hydrogen-bond donors (Lipinski definition) is 1. The molecule has 0 saturated carbocycles. The number of nitrogens with one attached hydrogen (secondary N) is 1. The SMILES string of the molecule is COCCNCc1nc(Cc2ccc(F)cc2F)no1. The molecule has 1 aromatic carbocycles. The first-order valence-electron chi connectivity index (χ1n) is 6.14. The lowest BCUT2D eigenvalue weighted by Crippen LogP contribution is -2.18. The van der Waals surface area contributed by atoms with Crippen molar-refractivity contribution in [2.24, 2.45) is 0 Å². The van der Waals surface area contributed by atoms with Crippen molar-refractivity contribution in [1.29, 1.82) is 0 Å². The summed E-state index contributed by atoms with van der Waals surface area (Å²) in [7, 11) is 1.61. The van der Waals surface area contributed by atoms with Gasteiger partial charge in [-0.3, -0.25) is 0 Å². The van der Waals surface area contributed by atoms with Crippen LogP contribution in [0.3, 0.4) is 0 Å². The molecule has 1 aromatic heterocycles. The summed E-state index contributed by atoms with van der Waals surface area (Å²) in [5.74, 6) is -0.449. The van der Waals surface area contributed by atoms with Crippen LogP contribution in [0.25, 0.3) is 0 Å². The normalized spacial score (nSPS) is 10.9. The van der Waals surface area contributed by atoms with E-state index in [9.17, 15) is 8.78 Å². The van der Waals surface area contributed by atoms with Crippen molar-refractivity contribution in [2.75, 3.05) is 20.3 Å². The molecule has 7 heteroatoms.